The number of carboxylic acid groups (broad SMARTS) is 1. The molecule has 0 radical (unpaired) electrons. The van der Waals surface area contributed by atoms with Gasteiger partial charge in [0.05, 0.1) is 19.7 Å². The van der Waals surface area contributed by atoms with E-state index in [4.69, 9.17) is 9.84 Å². The van der Waals surface area contributed by atoms with Gasteiger partial charge in [-0.3, -0.25) is 0 Å². The molecule has 1 aliphatic heterocycles. The van der Waals surface area contributed by atoms with Crippen LogP contribution in [0.25, 0.3) is 0 Å². The zero-order chi connectivity index (χ0) is 13.8. The van der Waals surface area contributed by atoms with Crippen molar-refractivity contribution < 1.29 is 19.4 Å². The van der Waals surface area contributed by atoms with Crippen molar-refractivity contribution in [3.8, 4) is 0 Å². The van der Waals surface area contributed by atoms with Crippen LogP contribution >= 0.6 is 11.3 Å². The lowest BCUT2D eigenvalue weighted by atomic mass is 10.3. The molecule has 1 atom stereocenters. The first-order chi connectivity index (χ1) is 9.08. The van der Waals surface area contributed by atoms with Gasteiger partial charge >= 0.3 is 12.0 Å². The number of hydrogen-bond donors (Lipinski definition) is 1. The van der Waals surface area contributed by atoms with Gasteiger partial charge in [0.2, 0.25) is 0 Å². The lowest BCUT2D eigenvalue weighted by Gasteiger charge is -2.33. The van der Waals surface area contributed by atoms with Crippen molar-refractivity contribution >= 4 is 23.3 Å². The molecule has 2 amide bonds. The summed E-state index contributed by atoms with van der Waals surface area (Å²) < 4.78 is 5.10. The van der Waals surface area contributed by atoms with Crippen LogP contribution in [0.5, 0.6) is 0 Å². The molecular formula is C12H16N2O4S. The molecule has 1 N–H and O–H groups in total. The monoisotopic (exact) mass is 284 g/mol. The van der Waals surface area contributed by atoms with Gasteiger partial charge in [0.1, 0.15) is 0 Å². The minimum absolute atomic E-state index is 0.100. The molecule has 2 heterocycles. The number of urea groups is 1. The van der Waals surface area contributed by atoms with Crippen molar-refractivity contribution in [2.24, 2.45) is 0 Å². The highest BCUT2D eigenvalue weighted by Gasteiger charge is 2.30. The molecule has 104 valence electrons. The van der Waals surface area contributed by atoms with Crippen LogP contribution in [0.2, 0.25) is 0 Å². The number of carbonyl (C=O) groups is 2. The maximum absolute atomic E-state index is 12.2. The third kappa shape index (κ3) is 3.45. The van der Waals surface area contributed by atoms with Gasteiger partial charge in [-0.15, -0.1) is 11.3 Å². The lowest BCUT2D eigenvalue weighted by molar-refractivity contribution is -0.154. The van der Waals surface area contributed by atoms with E-state index in [0.717, 1.165) is 4.88 Å². The zero-order valence-corrected chi connectivity index (χ0v) is 11.4. The molecule has 0 bridgehead atoms. The zero-order valence-electron chi connectivity index (χ0n) is 10.6. The van der Waals surface area contributed by atoms with Crippen LogP contribution in [0, 0.1) is 0 Å². The van der Waals surface area contributed by atoms with Gasteiger partial charge in [0.15, 0.2) is 6.10 Å². The number of aliphatic carboxylic acids is 1. The van der Waals surface area contributed by atoms with E-state index in [9.17, 15) is 9.59 Å². The first-order valence-corrected chi connectivity index (χ1v) is 6.82. The second kappa shape index (κ2) is 6.03. The molecule has 0 aliphatic carbocycles. The van der Waals surface area contributed by atoms with E-state index in [1.54, 1.807) is 23.3 Å². The summed E-state index contributed by atoms with van der Waals surface area (Å²) in [5.74, 6) is -1.03. The normalized spacial score (nSPS) is 19.2. The highest BCUT2D eigenvalue weighted by Crippen LogP contribution is 2.13. The van der Waals surface area contributed by atoms with Gasteiger partial charge in [-0.05, 0) is 11.4 Å². The maximum Gasteiger partial charge on any atom is 0.334 e. The van der Waals surface area contributed by atoms with E-state index >= 15 is 0 Å². The van der Waals surface area contributed by atoms with Crippen molar-refractivity contribution in [1.29, 1.82) is 0 Å². The van der Waals surface area contributed by atoms with Crippen LogP contribution in [0.15, 0.2) is 17.5 Å². The molecule has 6 nitrogen and oxygen atoms in total. The fourth-order valence-electron chi connectivity index (χ4n) is 1.92. The molecule has 1 aliphatic rings. The van der Waals surface area contributed by atoms with E-state index in [1.165, 1.54) is 4.90 Å². The Kier molecular flexibility index (Phi) is 4.39. The van der Waals surface area contributed by atoms with Crippen molar-refractivity contribution in [1.82, 2.24) is 9.80 Å². The van der Waals surface area contributed by atoms with Gasteiger partial charge in [0, 0.05) is 18.5 Å². The van der Waals surface area contributed by atoms with E-state index in [0.29, 0.717) is 13.1 Å². The Morgan fingerprint density at radius 1 is 1.63 bits per heavy atom. The van der Waals surface area contributed by atoms with E-state index in [-0.39, 0.29) is 19.2 Å². The Morgan fingerprint density at radius 2 is 2.42 bits per heavy atom. The fourth-order valence-corrected chi connectivity index (χ4v) is 2.68. The van der Waals surface area contributed by atoms with Crippen LogP contribution in [0.4, 0.5) is 4.79 Å². The average molecular weight is 284 g/mol. The van der Waals surface area contributed by atoms with Gasteiger partial charge < -0.3 is 19.6 Å². The summed E-state index contributed by atoms with van der Waals surface area (Å²) in [6.45, 7) is 1.32. The number of amides is 2. The average Bonchev–Trinajstić information content (AvgIpc) is 2.90. The molecule has 2 rings (SSSR count). The number of hydrogen-bond acceptors (Lipinski definition) is 4. The minimum atomic E-state index is -1.03. The lowest BCUT2D eigenvalue weighted by Crippen LogP contribution is -2.51. The quantitative estimate of drug-likeness (QED) is 0.902. The molecule has 1 fully saturated rings. The van der Waals surface area contributed by atoms with Crippen LogP contribution < -0.4 is 0 Å². The van der Waals surface area contributed by atoms with Gasteiger partial charge in [-0.1, -0.05) is 6.07 Å². The largest absolute Gasteiger partial charge is 0.479 e. The van der Waals surface area contributed by atoms with Crippen molar-refractivity contribution in [2.45, 2.75) is 12.6 Å². The predicted molar refractivity (Wildman–Crippen MR) is 70.1 cm³/mol. The van der Waals surface area contributed by atoms with Crippen molar-refractivity contribution in [3.63, 3.8) is 0 Å². The molecular weight excluding hydrogens is 268 g/mol. The standard InChI is InChI=1S/C12H16N2O4S/c1-13(7-9-3-2-6-19-9)12(17)14-4-5-18-10(8-14)11(15)16/h2-3,6,10H,4-5,7-8H2,1H3,(H,15,16). The summed E-state index contributed by atoms with van der Waals surface area (Å²) in [4.78, 5) is 27.3. The van der Waals surface area contributed by atoms with Crippen LogP contribution in [-0.4, -0.2) is 59.8 Å². The van der Waals surface area contributed by atoms with E-state index in [1.807, 2.05) is 17.5 Å². The molecule has 7 heteroatoms. The molecule has 1 aromatic heterocycles. The van der Waals surface area contributed by atoms with Crippen LogP contribution in [0.1, 0.15) is 4.88 Å². The highest BCUT2D eigenvalue weighted by atomic mass is 32.1. The number of carbonyl (C=O) groups excluding carboxylic acids is 1. The smallest absolute Gasteiger partial charge is 0.334 e. The molecule has 0 aromatic carbocycles. The third-order valence-electron chi connectivity index (χ3n) is 2.91. The molecule has 0 spiro atoms. The van der Waals surface area contributed by atoms with Gasteiger partial charge in [-0.25, -0.2) is 9.59 Å². The van der Waals surface area contributed by atoms with Crippen molar-refractivity contribution in [3.05, 3.63) is 22.4 Å². The molecule has 19 heavy (non-hydrogen) atoms. The number of thiophene rings is 1. The minimum Gasteiger partial charge on any atom is -0.479 e. The van der Waals surface area contributed by atoms with Crippen LogP contribution in [0.3, 0.4) is 0 Å². The Hall–Kier alpha value is -1.60. The second-order valence-electron chi connectivity index (χ2n) is 4.36. The summed E-state index contributed by atoms with van der Waals surface area (Å²) in [6, 6.07) is 3.74. The second-order valence-corrected chi connectivity index (χ2v) is 5.39. The first kappa shape index (κ1) is 13.8. The Bertz CT molecular complexity index is 449. The third-order valence-corrected chi connectivity index (χ3v) is 3.77. The summed E-state index contributed by atoms with van der Waals surface area (Å²) in [5, 5.41) is 10.9. The summed E-state index contributed by atoms with van der Waals surface area (Å²) in [7, 11) is 1.72. The summed E-state index contributed by atoms with van der Waals surface area (Å²) >= 11 is 1.59. The SMILES string of the molecule is CN(Cc1cccs1)C(=O)N1CCOC(C(=O)O)C1. The number of ether oxygens (including phenoxy) is 1. The number of morpholine rings is 1. The maximum atomic E-state index is 12.2. The molecule has 1 unspecified atom stereocenters. The van der Waals surface area contributed by atoms with Crippen LogP contribution in [-0.2, 0) is 16.1 Å². The molecule has 0 saturated carbocycles. The van der Waals surface area contributed by atoms with E-state index in [2.05, 4.69) is 0 Å². The Morgan fingerprint density at radius 3 is 3.05 bits per heavy atom. The fraction of sp³-hybridized carbons (Fsp3) is 0.500. The van der Waals surface area contributed by atoms with Crippen molar-refractivity contribution in [2.75, 3.05) is 26.7 Å². The molecule has 1 saturated heterocycles. The highest BCUT2D eigenvalue weighted by molar-refractivity contribution is 7.09. The Balaban J connectivity index is 1.93. The molecule has 1 aromatic rings. The number of nitrogens with zero attached hydrogens (tertiary/aromatic N) is 2. The summed E-state index contributed by atoms with van der Waals surface area (Å²) in [5.41, 5.74) is 0. The Labute approximate surface area is 115 Å². The van der Waals surface area contributed by atoms with Gasteiger partial charge in [0.25, 0.3) is 0 Å². The first-order valence-electron chi connectivity index (χ1n) is 5.94. The number of rotatable bonds is 3. The number of carboxylic acids is 1. The van der Waals surface area contributed by atoms with Gasteiger partial charge in [-0.2, -0.15) is 0 Å². The van der Waals surface area contributed by atoms with E-state index < -0.39 is 12.1 Å². The summed E-state index contributed by atoms with van der Waals surface area (Å²) in [6.07, 6.45) is -0.923. The predicted octanol–water partition coefficient (Wildman–Crippen LogP) is 1.09. The topological polar surface area (TPSA) is 70.1 Å².